The fraction of sp³-hybridized carbons (Fsp3) is 0.611. The molecule has 21 heavy (non-hydrogen) atoms. The lowest BCUT2D eigenvalue weighted by Gasteiger charge is -2.40. The molecule has 1 heterocycles. The molecule has 0 N–H and O–H groups in total. The topological polar surface area (TPSA) is 29.5 Å². The Hall–Kier alpha value is -1.35. The number of amides is 1. The second kappa shape index (κ2) is 5.45. The van der Waals surface area contributed by atoms with E-state index in [1.807, 2.05) is 4.90 Å². The minimum atomic E-state index is 0.202. The largest absolute Gasteiger partial charge is 0.374 e. The van der Waals surface area contributed by atoms with Gasteiger partial charge in [-0.2, -0.15) is 0 Å². The first kappa shape index (κ1) is 14.6. The lowest BCUT2D eigenvalue weighted by Crippen LogP contribution is -2.43. The van der Waals surface area contributed by atoms with Crippen LogP contribution >= 0.6 is 0 Å². The van der Waals surface area contributed by atoms with Crippen LogP contribution in [0.2, 0.25) is 0 Å². The molecule has 114 valence electrons. The number of likely N-dealkylation sites (tertiary alicyclic amines) is 1. The maximum absolute atomic E-state index is 11.6. The zero-order valence-corrected chi connectivity index (χ0v) is 13.3. The summed E-state index contributed by atoms with van der Waals surface area (Å²) in [5.74, 6) is 0.202. The first-order valence-electron chi connectivity index (χ1n) is 8.04. The molecule has 3 rings (SSSR count). The van der Waals surface area contributed by atoms with Crippen LogP contribution in [0.15, 0.2) is 18.2 Å². The van der Waals surface area contributed by atoms with E-state index in [9.17, 15) is 4.79 Å². The fourth-order valence-corrected chi connectivity index (χ4v) is 4.06. The summed E-state index contributed by atoms with van der Waals surface area (Å²) < 4.78 is 5.99. The number of carbonyl (C=O) groups is 1. The molecule has 1 amide bonds. The summed E-state index contributed by atoms with van der Waals surface area (Å²) in [6.45, 7) is 8.41. The third-order valence-corrected chi connectivity index (χ3v) is 5.24. The summed E-state index contributed by atoms with van der Waals surface area (Å²) in [5.41, 5.74) is 4.38. The molecule has 0 bridgehead atoms. The van der Waals surface area contributed by atoms with Crippen molar-refractivity contribution in [3.63, 3.8) is 0 Å². The Kier molecular flexibility index (Phi) is 3.78. The van der Waals surface area contributed by atoms with Crippen molar-refractivity contribution in [2.24, 2.45) is 0 Å². The van der Waals surface area contributed by atoms with Crippen LogP contribution in [0, 0.1) is 6.92 Å². The highest BCUT2D eigenvalue weighted by atomic mass is 16.5. The van der Waals surface area contributed by atoms with Crippen LogP contribution in [0.25, 0.3) is 0 Å². The molecular formula is C18H25NO2. The highest BCUT2D eigenvalue weighted by molar-refractivity contribution is 5.73. The molecule has 3 heteroatoms. The third-order valence-electron chi connectivity index (χ3n) is 5.24. The van der Waals surface area contributed by atoms with Gasteiger partial charge in [-0.1, -0.05) is 23.8 Å². The molecule has 0 unspecified atom stereocenters. The van der Waals surface area contributed by atoms with E-state index in [-0.39, 0.29) is 17.4 Å². The van der Waals surface area contributed by atoms with Crippen molar-refractivity contribution in [1.82, 2.24) is 4.90 Å². The molecule has 0 aromatic heterocycles. The fourth-order valence-electron chi connectivity index (χ4n) is 4.06. The van der Waals surface area contributed by atoms with Crippen LogP contribution in [0.1, 0.15) is 55.9 Å². The summed E-state index contributed by atoms with van der Waals surface area (Å²) in [6, 6.07) is 6.78. The van der Waals surface area contributed by atoms with E-state index < -0.39 is 0 Å². The smallest absolute Gasteiger partial charge is 0.219 e. The molecule has 1 fully saturated rings. The summed E-state index contributed by atoms with van der Waals surface area (Å²) >= 11 is 0. The molecule has 1 spiro atoms. The van der Waals surface area contributed by atoms with Gasteiger partial charge in [-0.25, -0.2) is 0 Å². The molecule has 1 saturated heterocycles. The molecule has 1 atom stereocenters. The standard InChI is InChI=1S/C18H25NO2/c1-4-21-17-12-18(7-9-19(10-8-18)14(3)20)16-11-13(2)5-6-15(16)17/h5-6,11,17H,4,7-10,12H2,1-3H3/t17-/m1/s1. The van der Waals surface area contributed by atoms with Crippen molar-refractivity contribution in [1.29, 1.82) is 0 Å². The first-order valence-corrected chi connectivity index (χ1v) is 8.04. The van der Waals surface area contributed by atoms with Gasteiger partial charge in [0.15, 0.2) is 0 Å². The number of fused-ring (bicyclic) bond motifs is 2. The molecule has 1 aliphatic carbocycles. The lowest BCUT2D eigenvalue weighted by atomic mass is 9.73. The minimum absolute atomic E-state index is 0.202. The Morgan fingerprint density at radius 2 is 2.10 bits per heavy atom. The van der Waals surface area contributed by atoms with Crippen LogP contribution in [-0.4, -0.2) is 30.5 Å². The van der Waals surface area contributed by atoms with Gasteiger partial charge in [-0.3, -0.25) is 4.79 Å². The summed E-state index contributed by atoms with van der Waals surface area (Å²) in [7, 11) is 0. The van der Waals surface area contributed by atoms with Gasteiger partial charge in [-0.15, -0.1) is 0 Å². The Morgan fingerprint density at radius 3 is 2.71 bits per heavy atom. The molecule has 2 aliphatic rings. The predicted octanol–water partition coefficient (Wildman–Crippen LogP) is 3.36. The number of ether oxygens (including phenoxy) is 1. The van der Waals surface area contributed by atoms with Crippen molar-refractivity contribution < 1.29 is 9.53 Å². The average molecular weight is 287 g/mol. The average Bonchev–Trinajstić information content (AvgIpc) is 2.74. The highest BCUT2D eigenvalue weighted by Gasteiger charge is 2.46. The number of rotatable bonds is 2. The molecule has 1 aliphatic heterocycles. The monoisotopic (exact) mass is 287 g/mol. The molecular weight excluding hydrogens is 262 g/mol. The van der Waals surface area contributed by atoms with Crippen molar-refractivity contribution in [3.8, 4) is 0 Å². The first-order chi connectivity index (χ1) is 10.1. The molecule has 1 aromatic rings. The summed E-state index contributed by atoms with van der Waals surface area (Å²) in [4.78, 5) is 13.6. The Bertz CT molecular complexity index is 544. The van der Waals surface area contributed by atoms with E-state index in [4.69, 9.17) is 4.74 Å². The maximum Gasteiger partial charge on any atom is 0.219 e. The number of aryl methyl sites for hydroxylation is 1. The SMILES string of the molecule is CCO[C@@H]1CC2(CCN(C(C)=O)CC2)c2cc(C)ccc21. The van der Waals surface area contributed by atoms with E-state index >= 15 is 0 Å². The second-order valence-electron chi connectivity index (χ2n) is 6.53. The van der Waals surface area contributed by atoms with Gasteiger partial charge in [0.05, 0.1) is 6.10 Å². The van der Waals surface area contributed by atoms with Crippen LogP contribution in [-0.2, 0) is 14.9 Å². The van der Waals surface area contributed by atoms with Crippen LogP contribution in [0.5, 0.6) is 0 Å². The van der Waals surface area contributed by atoms with E-state index in [2.05, 4.69) is 32.0 Å². The summed E-state index contributed by atoms with van der Waals surface area (Å²) in [6.07, 6.45) is 3.43. The maximum atomic E-state index is 11.6. The van der Waals surface area contributed by atoms with E-state index in [1.165, 1.54) is 16.7 Å². The van der Waals surface area contributed by atoms with Crippen molar-refractivity contribution >= 4 is 5.91 Å². The molecule has 0 radical (unpaired) electrons. The number of piperidine rings is 1. The Morgan fingerprint density at radius 1 is 1.38 bits per heavy atom. The second-order valence-corrected chi connectivity index (χ2v) is 6.53. The summed E-state index contributed by atoms with van der Waals surface area (Å²) in [5, 5.41) is 0. The van der Waals surface area contributed by atoms with Crippen LogP contribution in [0.4, 0.5) is 0 Å². The van der Waals surface area contributed by atoms with Gasteiger partial charge in [0.1, 0.15) is 0 Å². The zero-order chi connectivity index (χ0) is 15.0. The third kappa shape index (κ3) is 2.48. The van der Waals surface area contributed by atoms with Crippen molar-refractivity contribution in [3.05, 3.63) is 34.9 Å². The number of hydrogen-bond donors (Lipinski definition) is 0. The van der Waals surface area contributed by atoms with Gasteiger partial charge in [0.25, 0.3) is 0 Å². The van der Waals surface area contributed by atoms with E-state index in [0.29, 0.717) is 0 Å². The number of carbonyl (C=O) groups excluding carboxylic acids is 1. The van der Waals surface area contributed by atoms with Gasteiger partial charge < -0.3 is 9.64 Å². The molecule has 1 aromatic carbocycles. The minimum Gasteiger partial charge on any atom is -0.374 e. The van der Waals surface area contributed by atoms with Gasteiger partial charge in [-0.05, 0) is 44.2 Å². The zero-order valence-electron chi connectivity index (χ0n) is 13.3. The Labute approximate surface area is 127 Å². The van der Waals surface area contributed by atoms with E-state index in [1.54, 1.807) is 6.92 Å². The number of nitrogens with zero attached hydrogens (tertiary/aromatic N) is 1. The lowest BCUT2D eigenvalue weighted by molar-refractivity contribution is -0.130. The molecule has 0 saturated carbocycles. The quantitative estimate of drug-likeness (QED) is 0.835. The van der Waals surface area contributed by atoms with Gasteiger partial charge in [0.2, 0.25) is 5.91 Å². The van der Waals surface area contributed by atoms with Gasteiger partial charge in [0, 0.05) is 32.0 Å². The van der Waals surface area contributed by atoms with Crippen LogP contribution < -0.4 is 0 Å². The van der Waals surface area contributed by atoms with E-state index in [0.717, 1.165) is 39.0 Å². The van der Waals surface area contributed by atoms with Gasteiger partial charge >= 0.3 is 0 Å². The number of benzene rings is 1. The normalized spacial score (nSPS) is 23.4. The highest BCUT2D eigenvalue weighted by Crippen LogP contribution is 2.52. The Balaban J connectivity index is 1.91. The van der Waals surface area contributed by atoms with Crippen molar-refractivity contribution in [2.45, 2.75) is 51.6 Å². The predicted molar refractivity (Wildman–Crippen MR) is 83.3 cm³/mol. The van der Waals surface area contributed by atoms with Crippen LogP contribution in [0.3, 0.4) is 0 Å². The number of hydrogen-bond acceptors (Lipinski definition) is 2. The molecule has 3 nitrogen and oxygen atoms in total. The van der Waals surface area contributed by atoms with Crippen molar-refractivity contribution in [2.75, 3.05) is 19.7 Å².